The predicted molar refractivity (Wildman–Crippen MR) is 207 cm³/mol. The molecule has 234 valence electrons. The molecule has 4 nitrogen and oxygen atoms in total. The lowest BCUT2D eigenvalue weighted by Crippen LogP contribution is -1.97. The molecule has 3 aromatic heterocycles. The summed E-state index contributed by atoms with van der Waals surface area (Å²) in [5, 5.41) is 6.15. The fourth-order valence-corrected chi connectivity index (χ4v) is 7.29. The Hall–Kier alpha value is -6.78. The van der Waals surface area contributed by atoms with Gasteiger partial charge in [0.25, 0.3) is 0 Å². The molecule has 0 aliphatic heterocycles. The van der Waals surface area contributed by atoms with Crippen LogP contribution in [0.3, 0.4) is 0 Å². The molecule has 0 saturated heterocycles. The van der Waals surface area contributed by atoms with E-state index in [1.54, 1.807) is 0 Å². The molecule has 0 aliphatic carbocycles. The monoisotopic (exact) mass is 638 g/mol. The van der Waals surface area contributed by atoms with Crippen molar-refractivity contribution < 1.29 is 0 Å². The molecule has 3 heterocycles. The third-order valence-electron chi connectivity index (χ3n) is 9.72. The second-order valence-electron chi connectivity index (χ2n) is 12.7. The van der Waals surface area contributed by atoms with E-state index in [0.717, 1.165) is 39.5 Å². The van der Waals surface area contributed by atoms with Crippen molar-refractivity contribution in [1.82, 2.24) is 19.1 Å². The van der Waals surface area contributed by atoms with Crippen molar-refractivity contribution >= 4 is 43.5 Å². The molecule has 0 aliphatic rings. The third kappa shape index (κ3) is 4.69. The van der Waals surface area contributed by atoms with Crippen molar-refractivity contribution in [3.8, 4) is 45.3 Å². The van der Waals surface area contributed by atoms with Crippen LogP contribution >= 0.6 is 0 Å². The Balaban J connectivity index is 1.12. The summed E-state index contributed by atoms with van der Waals surface area (Å²) in [6.07, 6.45) is 2.16. The minimum atomic E-state index is 0.704. The van der Waals surface area contributed by atoms with E-state index in [9.17, 15) is 0 Å². The summed E-state index contributed by atoms with van der Waals surface area (Å²) < 4.78 is 4.65. The van der Waals surface area contributed by atoms with Gasteiger partial charge in [0.1, 0.15) is 0 Å². The Kier molecular flexibility index (Phi) is 6.46. The van der Waals surface area contributed by atoms with Gasteiger partial charge >= 0.3 is 0 Å². The SMILES string of the molecule is c1ccc(-c2cc(-c3ccccc3)nc(-c3ccc(-n4c5ccccc5c5cc6cc7ccn(-c8ccccc8)c7cc6cc54)cc3)n2)cc1. The maximum Gasteiger partial charge on any atom is 0.160 e. The van der Waals surface area contributed by atoms with Crippen LogP contribution in [0, 0.1) is 0 Å². The van der Waals surface area contributed by atoms with Gasteiger partial charge in [0.15, 0.2) is 5.82 Å². The number of nitrogens with zero attached hydrogens (tertiary/aromatic N) is 4. The molecule has 0 spiro atoms. The van der Waals surface area contributed by atoms with Crippen molar-refractivity contribution in [1.29, 1.82) is 0 Å². The van der Waals surface area contributed by atoms with Crippen molar-refractivity contribution in [2.45, 2.75) is 0 Å². The van der Waals surface area contributed by atoms with Crippen molar-refractivity contribution in [2.75, 3.05) is 0 Å². The van der Waals surface area contributed by atoms with Gasteiger partial charge in [0.2, 0.25) is 0 Å². The molecule has 0 fully saturated rings. The Morgan fingerprint density at radius 2 is 0.960 bits per heavy atom. The molecule has 50 heavy (non-hydrogen) atoms. The van der Waals surface area contributed by atoms with Gasteiger partial charge in [0, 0.05) is 50.4 Å². The van der Waals surface area contributed by atoms with Crippen LogP contribution in [-0.4, -0.2) is 19.1 Å². The molecule has 0 bridgehead atoms. The van der Waals surface area contributed by atoms with E-state index in [4.69, 9.17) is 9.97 Å². The lowest BCUT2D eigenvalue weighted by molar-refractivity contribution is 1.13. The summed E-state index contributed by atoms with van der Waals surface area (Å²) in [5.74, 6) is 0.704. The molecule has 10 aromatic rings. The van der Waals surface area contributed by atoms with Gasteiger partial charge in [-0.3, -0.25) is 0 Å². The van der Waals surface area contributed by atoms with Crippen LogP contribution < -0.4 is 0 Å². The number of para-hydroxylation sites is 2. The summed E-state index contributed by atoms with van der Waals surface area (Å²) in [6, 6.07) is 62.2. The maximum atomic E-state index is 5.06. The average Bonchev–Trinajstić information content (AvgIpc) is 3.75. The van der Waals surface area contributed by atoms with E-state index < -0.39 is 0 Å². The smallest absolute Gasteiger partial charge is 0.160 e. The number of rotatable bonds is 5. The van der Waals surface area contributed by atoms with Crippen LogP contribution in [0.2, 0.25) is 0 Å². The van der Waals surface area contributed by atoms with Crippen LogP contribution in [0.1, 0.15) is 0 Å². The molecule has 0 N–H and O–H groups in total. The van der Waals surface area contributed by atoms with Gasteiger partial charge < -0.3 is 9.13 Å². The number of hydrogen-bond acceptors (Lipinski definition) is 2. The van der Waals surface area contributed by atoms with Crippen LogP contribution in [0.15, 0.2) is 182 Å². The van der Waals surface area contributed by atoms with Gasteiger partial charge in [0.05, 0.1) is 27.9 Å². The Morgan fingerprint density at radius 3 is 1.66 bits per heavy atom. The third-order valence-corrected chi connectivity index (χ3v) is 9.72. The van der Waals surface area contributed by atoms with Crippen molar-refractivity contribution in [3.05, 3.63) is 182 Å². The highest BCUT2D eigenvalue weighted by atomic mass is 15.0. The fourth-order valence-electron chi connectivity index (χ4n) is 7.29. The van der Waals surface area contributed by atoms with Gasteiger partial charge in [-0.2, -0.15) is 0 Å². The predicted octanol–water partition coefficient (Wildman–Crippen LogP) is 11.7. The summed E-state index contributed by atoms with van der Waals surface area (Å²) >= 11 is 0. The first kappa shape index (κ1) is 28.3. The summed E-state index contributed by atoms with van der Waals surface area (Å²) in [7, 11) is 0. The zero-order valence-corrected chi connectivity index (χ0v) is 27.1. The number of aromatic nitrogens is 4. The van der Waals surface area contributed by atoms with E-state index in [1.807, 2.05) is 36.4 Å². The van der Waals surface area contributed by atoms with E-state index >= 15 is 0 Å². The Morgan fingerprint density at radius 1 is 0.360 bits per heavy atom. The summed E-state index contributed by atoms with van der Waals surface area (Å²) in [4.78, 5) is 10.1. The molecular weight excluding hydrogens is 609 g/mol. The highest BCUT2D eigenvalue weighted by Crippen LogP contribution is 2.37. The maximum absolute atomic E-state index is 5.06. The van der Waals surface area contributed by atoms with Crippen LogP contribution in [0.25, 0.3) is 88.8 Å². The first-order chi connectivity index (χ1) is 24.8. The molecule has 4 heteroatoms. The van der Waals surface area contributed by atoms with E-state index in [0.29, 0.717) is 5.82 Å². The largest absolute Gasteiger partial charge is 0.317 e. The van der Waals surface area contributed by atoms with Crippen LogP contribution in [0.5, 0.6) is 0 Å². The van der Waals surface area contributed by atoms with Gasteiger partial charge in [-0.15, -0.1) is 0 Å². The lowest BCUT2D eigenvalue weighted by atomic mass is 10.0. The summed E-state index contributed by atoms with van der Waals surface area (Å²) in [6.45, 7) is 0. The van der Waals surface area contributed by atoms with Gasteiger partial charge in [-0.25, -0.2) is 9.97 Å². The topological polar surface area (TPSA) is 35.6 Å². The summed E-state index contributed by atoms with van der Waals surface area (Å²) in [5.41, 5.74) is 10.7. The normalized spacial score (nSPS) is 11.6. The van der Waals surface area contributed by atoms with Gasteiger partial charge in [-0.05, 0) is 89.6 Å². The molecule has 0 saturated carbocycles. The van der Waals surface area contributed by atoms with Crippen molar-refractivity contribution in [2.24, 2.45) is 0 Å². The number of hydrogen-bond donors (Lipinski definition) is 0. The Labute approximate surface area is 289 Å². The second-order valence-corrected chi connectivity index (χ2v) is 12.7. The van der Waals surface area contributed by atoms with E-state index in [2.05, 4.69) is 155 Å². The molecule has 0 atom stereocenters. The lowest BCUT2D eigenvalue weighted by Gasteiger charge is -2.12. The standard InChI is InChI=1S/C46H30N4/c1-4-12-31(13-5-1)41-30-42(32-14-6-2-7-15-32)48-46(47-41)33-20-22-38(23-21-33)50-43-19-11-10-18-39(43)40-27-35-26-34-24-25-49(37-16-8-3-9-17-37)44(34)28-36(35)29-45(40)50/h1-30H. The van der Waals surface area contributed by atoms with Crippen LogP contribution in [0.4, 0.5) is 0 Å². The molecule has 0 unspecified atom stereocenters. The molecule has 0 amide bonds. The first-order valence-electron chi connectivity index (χ1n) is 16.9. The second kappa shape index (κ2) is 11.4. The quantitative estimate of drug-likeness (QED) is 0.188. The number of benzene rings is 7. The highest BCUT2D eigenvalue weighted by molar-refractivity contribution is 6.15. The zero-order chi connectivity index (χ0) is 33.0. The highest BCUT2D eigenvalue weighted by Gasteiger charge is 2.16. The van der Waals surface area contributed by atoms with E-state index in [1.165, 1.54) is 43.5 Å². The average molecular weight is 639 g/mol. The minimum Gasteiger partial charge on any atom is -0.317 e. The molecular formula is C46H30N4. The zero-order valence-electron chi connectivity index (χ0n) is 27.1. The molecule has 0 radical (unpaired) electrons. The molecule has 10 rings (SSSR count). The number of fused-ring (bicyclic) bond motifs is 5. The first-order valence-corrected chi connectivity index (χ1v) is 16.9. The van der Waals surface area contributed by atoms with Crippen LogP contribution in [-0.2, 0) is 0 Å². The Bertz CT molecular complexity index is 2770. The van der Waals surface area contributed by atoms with Gasteiger partial charge in [-0.1, -0.05) is 97.1 Å². The fraction of sp³-hybridized carbons (Fsp3) is 0. The van der Waals surface area contributed by atoms with Crippen molar-refractivity contribution in [3.63, 3.8) is 0 Å². The minimum absolute atomic E-state index is 0.704. The molecule has 7 aromatic carbocycles. The van der Waals surface area contributed by atoms with E-state index in [-0.39, 0.29) is 0 Å².